The molecule has 2 saturated heterocycles. The largest absolute Gasteiger partial charge is 0.496 e. The molecule has 3 heterocycles. The summed E-state index contributed by atoms with van der Waals surface area (Å²) < 4.78 is 54.8. The lowest BCUT2D eigenvalue weighted by molar-refractivity contribution is -0.640. The summed E-state index contributed by atoms with van der Waals surface area (Å²) in [5, 5.41) is 2.20. The summed E-state index contributed by atoms with van der Waals surface area (Å²) >= 11 is 0. The lowest BCUT2D eigenvalue weighted by Crippen LogP contribution is -2.82. The van der Waals surface area contributed by atoms with E-state index in [0.717, 1.165) is 23.4 Å². The smallest absolute Gasteiger partial charge is 0.248 e. The number of rotatable bonds is 4. The van der Waals surface area contributed by atoms with E-state index in [1.54, 1.807) is 13.2 Å². The van der Waals surface area contributed by atoms with Gasteiger partial charge in [0.05, 0.1) is 38.8 Å². The van der Waals surface area contributed by atoms with Crippen LogP contribution < -0.4 is 10.1 Å². The van der Waals surface area contributed by atoms with Crippen LogP contribution in [0.2, 0.25) is 0 Å². The number of ether oxygens (including phenoxy) is 2. The van der Waals surface area contributed by atoms with Crippen molar-refractivity contribution in [3.05, 3.63) is 65.0 Å². The van der Waals surface area contributed by atoms with E-state index in [1.807, 2.05) is 29.2 Å². The van der Waals surface area contributed by atoms with Crippen LogP contribution in [0.15, 0.2) is 42.5 Å². The van der Waals surface area contributed by atoms with Gasteiger partial charge in [-0.3, -0.25) is 4.79 Å². The van der Waals surface area contributed by atoms with Crippen LogP contribution in [0.25, 0.3) is 0 Å². The zero-order valence-corrected chi connectivity index (χ0v) is 22.5. The van der Waals surface area contributed by atoms with Gasteiger partial charge >= 0.3 is 0 Å². The lowest BCUT2D eigenvalue weighted by atomic mass is 9.68. The maximum absolute atomic E-state index is 14.8. The summed E-state index contributed by atoms with van der Waals surface area (Å²) in [6.07, 6.45) is 1.74. The van der Waals surface area contributed by atoms with Gasteiger partial charge in [-0.1, -0.05) is 30.3 Å². The van der Waals surface area contributed by atoms with E-state index in [4.69, 9.17) is 9.47 Å². The maximum Gasteiger partial charge on any atom is 0.248 e. The number of benzene rings is 2. The number of nitrogens with zero attached hydrogens (tertiary/aromatic N) is 1. The fraction of sp³-hybridized carbons (Fsp3) is 0.581. The van der Waals surface area contributed by atoms with Gasteiger partial charge in [0.25, 0.3) is 0 Å². The number of halogens is 3. The van der Waals surface area contributed by atoms with Crippen molar-refractivity contribution >= 4 is 5.91 Å². The average Bonchev–Trinajstić information content (AvgIpc) is 3.36. The molecule has 6 rings (SSSR count). The molecule has 1 saturated carbocycles. The third kappa shape index (κ3) is 4.73. The van der Waals surface area contributed by atoms with Crippen LogP contribution in [0.5, 0.6) is 5.75 Å². The highest BCUT2D eigenvalue weighted by Crippen LogP contribution is 2.47. The Morgan fingerprint density at radius 1 is 1.10 bits per heavy atom. The highest BCUT2D eigenvalue weighted by atomic mass is 19.3. The molecule has 8 heteroatoms. The minimum atomic E-state index is -2.64. The molecule has 1 spiro atoms. The molecule has 5 nitrogen and oxygen atoms in total. The SMILES string of the molecule is COc1cccc2c1COC[C@]21C[NH2+]C[C@H]1C(=O)N1CC[C@@H](c2ccccc2F)C[C@H]1C1CCC(F)(F)CC1. The van der Waals surface area contributed by atoms with Crippen molar-refractivity contribution in [1.82, 2.24) is 4.90 Å². The van der Waals surface area contributed by atoms with Crippen molar-refractivity contribution in [3.8, 4) is 5.75 Å². The van der Waals surface area contributed by atoms with Crippen molar-refractivity contribution < 1.29 is 32.8 Å². The second-order valence-corrected chi connectivity index (χ2v) is 12.0. The van der Waals surface area contributed by atoms with E-state index >= 15 is 0 Å². The predicted molar refractivity (Wildman–Crippen MR) is 140 cm³/mol. The first kappa shape index (κ1) is 26.6. The minimum absolute atomic E-state index is 0.0144. The number of fused-ring (bicyclic) bond motifs is 2. The number of carbonyl (C=O) groups excluding carboxylic acids is 1. The summed E-state index contributed by atoms with van der Waals surface area (Å²) in [6.45, 7) is 2.83. The first-order valence-electron chi connectivity index (χ1n) is 14.3. The maximum atomic E-state index is 14.8. The summed E-state index contributed by atoms with van der Waals surface area (Å²) in [5.41, 5.74) is 2.33. The van der Waals surface area contributed by atoms with Gasteiger partial charge in [-0.15, -0.1) is 0 Å². The monoisotopic (exact) mass is 543 g/mol. The number of hydrogen-bond acceptors (Lipinski definition) is 3. The molecular formula is C31H38F3N2O3+. The summed E-state index contributed by atoms with van der Waals surface area (Å²) in [4.78, 5) is 16.5. The van der Waals surface area contributed by atoms with Crippen LogP contribution in [0.4, 0.5) is 13.2 Å². The second kappa shape index (κ2) is 10.4. The van der Waals surface area contributed by atoms with E-state index in [2.05, 4.69) is 11.4 Å². The number of quaternary nitrogens is 1. The van der Waals surface area contributed by atoms with Crippen LogP contribution in [-0.4, -0.2) is 56.1 Å². The number of nitrogens with two attached hydrogens (primary N) is 1. The molecule has 4 aliphatic rings. The highest BCUT2D eigenvalue weighted by molar-refractivity contribution is 5.82. The fourth-order valence-electron chi connectivity index (χ4n) is 7.91. The fourth-order valence-corrected chi connectivity index (χ4v) is 7.91. The van der Waals surface area contributed by atoms with E-state index in [1.165, 1.54) is 6.07 Å². The van der Waals surface area contributed by atoms with Crippen molar-refractivity contribution in [3.63, 3.8) is 0 Å². The number of amides is 1. The molecule has 4 atom stereocenters. The topological polar surface area (TPSA) is 55.4 Å². The molecule has 3 aliphatic heterocycles. The van der Waals surface area contributed by atoms with Gasteiger partial charge in [-0.2, -0.15) is 0 Å². The summed E-state index contributed by atoms with van der Waals surface area (Å²) in [7, 11) is 1.65. The number of carbonyl (C=O) groups is 1. The molecule has 1 amide bonds. The van der Waals surface area contributed by atoms with E-state index in [0.29, 0.717) is 57.6 Å². The number of alkyl halides is 2. The van der Waals surface area contributed by atoms with Crippen LogP contribution in [0, 0.1) is 17.7 Å². The number of hydrogen-bond donors (Lipinski definition) is 1. The van der Waals surface area contributed by atoms with Crippen molar-refractivity contribution in [2.24, 2.45) is 11.8 Å². The van der Waals surface area contributed by atoms with Crippen molar-refractivity contribution in [2.75, 3.05) is 33.4 Å². The highest BCUT2D eigenvalue weighted by Gasteiger charge is 2.56. The lowest BCUT2D eigenvalue weighted by Gasteiger charge is -2.47. The number of methoxy groups -OCH3 is 1. The second-order valence-electron chi connectivity index (χ2n) is 12.0. The van der Waals surface area contributed by atoms with Gasteiger partial charge in [0.1, 0.15) is 17.5 Å². The molecule has 210 valence electrons. The Bertz CT molecular complexity index is 1210. The summed E-state index contributed by atoms with van der Waals surface area (Å²) in [5.74, 6) is -2.35. The molecule has 2 N–H and O–H groups in total. The molecule has 0 aromatic heterocycles. The normalized spacial score (nSPS) is 30.8. The molecular weight excluding hydrogens is 505 g/mol. The van der Waals surface area contributed by atoms with E-state index in [-0.39, 0.29) is 48.4 Å². The molecule has 0 unspecified atom stereocenters. The standard InChI is InChI=1S/C31H37F3N2O3/c1-38-28-8-4-6-24-23(28)17-39-19-30(24)18-35-16-25(30)29(37)36-14-11-21(22-5-2-3-7-26(22)32)15-27(36)20-9-12-31(33,34)13-10-20/h2-8,20-21,25,27,35H,9-19H2,1H3/p+1/t21-,25+,27+,30-/m1/s1. The third-order valence-corrected chi connectivity index (χ3v) is 9.95. The van der Waals surface area contributed by atoms with Crippen molar-refractivity contribution in [2.45, 2.75) is 68.4 Å². The minimum Gasteiger partial charge on any atom is -0.496 e. The van der Waals surface area contributed by atoms with Crippen LogP contribution in [0.3, 0.4) is 0 Å². The number of likely N-dealkylation sites (tertiary alicyclic amines) is 1. The Morgan fingerprint density at radius 3 is 2.67 bits per heavy atom. The van der Waals surface area contributed by atoms with Crippen LogP contribution in [0.1, 0.15) is 61.1 Å². The Kier molecular flexibility index (Phi) is 7.12. The molecule has 2 aromatic rings. The van der Waals surface area contributed by atoms with Gasteiger partial charge in [0.2, 0.25) is 11.8 Å². The zero-order chi connectivity index (χ0) is 27.2. The summed E-state index contributed by atoms with van der Waals surface area (Å²) in [6, 6.07) is 12.7. The van der Waals surface area contributed by atoms with Gasteiger partial charge in [-0.05, 0) is 60.8 Å². The van der Waals surface area contributed by atoms with Crippen molar-refractivity contribution in [1.29, 1.82) is 0 Å². The van der Waals surface area contributed by atoms with Gasteiger partial charge in [0.15, 0.2) is 0 Å². The van der Waals surface area contributed by atoms with Gasteiger partial charge in [0, 0.05) is 31.0 Å². The Morgan fingerprint density at radius 2 is 1.90 bits per heavy atom. The van der Waals surface area contributed by atoms with Gasteiger partial charge in [-0.25, -0.2) is 13.2 Å². The molecule has 2 aromatic carbocycles. The Labute approximate surface area is 228 Å². The third-order valence-electron chi connectivity index (χ3n) is 9.95. The zero-order valence-electron chi connectivity index (χ0n) is 22.5. The Balaban J connectivity index is 1.32. The first-order chi connectivity index (χ1) is 18.8. The number of piperidine rings is 1. The van der Waals surface area contributed by atoms with Crippen LogP contribution in [-0.2, 0) is 21.6 Å². The van der Waals surface area contributed by atoms with Crippen LogP contribution >= 0.6 is 0 Å². The first-order valence-corrected chi connectivity index (χ1v) is 14.3. The molecule has 0 bridgehead atoms. The van der Waals surface area contributed by atoms with E-state index < -0.39 is 11.3 Å². The quantitative estimate of drug-likeness (QED) is 0.622. The molecule has 1 aliphatic carbocycles. The van der Waals surface area contributed by atoms with E-state index in [9.17, 15) is 18.0 Å². The molecule has 39 heavy (non-hydrogen) atoms. The molecule has 3 fully saturated rings. The average molecular weight is 544 g/mol. The Hall–Kier alpha value is -2.58. The molecule has 0 radical (unpaired) electrons. The van der Waals surface area contributed by atoms with Gasteiger partial charge < -0.3 is 19.7 Å². The predicted octanol–water partition coefficient (Wildman–Crippen LogP) is 4.40.